The van der Waals surface area contributed by atoms with Gasteiger partial charge in [-0.3, -0.25) is 9.59 Å². The van der Waals surface area contributed by atoms with Crippen LogP contribution in [0.1, 0.15) is 46.5 Å². The predicted octanol–water partition coefficient (Wildman–Crippen LogP) is 2.66. The van der Waals surface area contributed by atoms with E-state index in [0.717, 1.165) is 18.6 Å². The van der Waals surface area contributed by atoms with Gasteiger partial charge in [0.25, 0.3) is 0 Å². The van der Waals surface area contributed by atoms with Crippen LogP contribution in [0.15, 0.2) is 30.3 Å². The number of nitrogens with one attached hydrogen (secondary N) is 2. The molecule has 0 fully saturated rings. The Morgan fingerprint density at radius 1 is 1.00 bits per heavy atom. The zero-order valence-electron chi connectivity index (χ0n) is 14.4. The summed E-state index contributed by atoms with van der Waals surface area (Å²) in [6.45, 7) is 7.00. The lowest BCUT2D eigenvalue weighted by Crippen LogP contribution is -2.41. The maximum atomic E-state index is 11.6. The van der Waals surface area contributed by atoms with E-state index < -0.39 is 0 Å². The highest BCUT2D eigenvalue weighted by Crippen LogP contribution is 2.08. The Morgan fingerprint density at radius 3 is 2.30 bits per heavy atom. The van der Waals surface area contributed by atoms with Gasteiger partial charge in [0.2, 0.25) is 11.8 Å². The van der Waals surface area contributed by atoms with Crippen LogP contribution >= 0.6 is 0 Å². The molecule has 1 rings (SSSR count). The first-order chi connectivity index (χ1) is 10.9. The molecule has 2 N–H and O–H groups in total. The van der Waals surface area contributed by atoms with Crippen molar-refractivity contribution in [2.75, 3.05) is 13.2 Å². The Hall–Kier alpha value is -2.04. The quantitative estimate of drug-likeness (QED) is 0.687. The molecule has 0 radical (unpaired) electrons. The first-order valence-electron chi connectivity index (χ1n) is 8.12. The highest BCUT2D eigenvalue weighted by Gasteiger charge is 2.14. The van der Waals surface area contributed by atoms with Crippen molar-refractivity contribution < 1.29 is 14.3 Å². The molecule has 2 amide bonds. The lowest BCUT2D eigenvalue weighted by Gasteiger charge is -2.20. The molecule has 0 saturated heterocycles. The molecule has 0 aliphatic carbocycles. The molecule has 5 heteroatoms. The van der Waals surface area contributed by atoms with Crippen LogP contribution in [-0.2, 0) is 9.59 Å². The average Bonchev–Trinajstić information content (AvgIpc) is 2.48. The monoisotopic (exact) mass is 320 g/mol. The fourth-order valence-electron chi connectivity index (χ4n) is 1.96. The van der Waals surface area contributed by atoms with Crippen LogP contribution in [-0.4, -0.2) is 30.5 Å². The van der Waals surface area contributed by atoms with Gasteiger partial charge in [-0.05, 0) is 45.7 Å². The molecular weight excluding hydrogens is 292 g/mol. The Morgan fingerprint density at radius 2 is 1.65 bits per heavy atom. The van der Waals surface area contributed by atoms with E-state index in [0.29, 0.717) is 13.2 Å². The van der Waals surface area contributed by atoms with Gasteiger partial charge in [-0.1, -0.05) is 18.2 Å². The second kappa shape index (κ2) is 9.87. The SMILES string of the molecule is CC(C)(C)NC(=O)CCC(=O)NCCCCOc1ccccc1. The Kier molecular flexibility index (Phi) is 8.16. The van der Waals surface area contributed by atoms with E-state index in [1.807, 2.05) is 51.1 Å². The molecule has 0 saturated carbocycles. The van der Waals surface area contributed by atoms with Gasteiger partial charge in [0.1, 0.15) is 5.75 Å². The summed E-state index contributed by atoms with van der Waals surface area (Å²) in [6, 6.07) is 9.66. The number of unbranched alkanes of at least 4 members (excludes halogenated alkanes) is 1. The second-order valence-corrected chi connectivity index (χ2v) is 6.52. The maximum absolute atomic E-state index is 11.6. The molecule has 0 atom stereocenters. The predicted molar refractivity (Wildman–Crippen MR) is 91.3 cm³/mol. The van der Waals surface area contributed by atoms with Crippen molar-refractivity contribution in [2.24, 2.45) is 0 Å². The minimum absolute atomic E-state index is 0.0852. The first-order valence-corrected chi connectivity index (χ1v) is 8.12. The fraction of sp³-hybridized carbons (Fsp3) is 0.556. The number of benzene rings is 1. The fourth-order valence-corrected chi connectivity index (χ4v) is 1.96. The number of hydrogen-bond donors (Lipinski definition) is 2. The number of rotatable bonds is 9. The Labute approximate surface area is 138 Å². The molecule has 0 unspecified atom stereocenters. The van der Waals surface area contributed by atoms with Gasteiger partial charge in [-0.25, -0.2) is 0 Å². The molecule has 5 nitrogen and oxygen atoms in total. The van der Waals surface area contributed by atoms with E-state index in [1.54, 1.807) is 0 Å². The third kappa shape index (κ3) is 10.3. The summed E-state index contributed by atoms with van der Waals surface area (Å²) in [5, 5.41) is 5.66. The number of hydrogen-bond acceptors (Lipinski definition) is 3. The molecule has 0 aromatic heterocycles. The Bertz CT molecular complexity index is 481. The van der Waals surface area contributed by atoms with Crippen LogP contribution < -0.4 is 15.4 Å². The van der Waals surface area contributed by atoms with E-state index in [-0.39, 0.29) is 30.2 Å². The lowest BCUT2D eigenvalue weighted by molar-refractivity contribution is -0.127. The summed E-state index contributed by atoms with van der Waals surface area (Å²) in [5.41, 5.74) is -0.258. The van der Waals surface area contributed by atoms with Gasteiger partial charge in [0.15, 0.2) is 0 Å². The largest absolute Gasteiger partial charge is 0.494 e. The van der Waals surface area contributed by atoms with Crippen molar-refractivity contribution in [3.05, 3.63) is 30.3 Å². The van der Waals surface area contributed by atoms with Gasteiger partial charge >= 0.3 is 0 Å². The maximum Gasteiger partial charge on any atom is 0.220 e. The van der Waals surface area contributed by atoms with Gasteiger partial charge in [-0.2, -0.15) is 0 Å². The molecule has 0 bridgehead atoms. The summed E-state index contributed by atoms with van der Waals surface area (Å²) in [5.74, 6) is 0.684. The summed E-state index contributed by atoms with van der Waals surface area (Å²) >= 11 is 0. The molecule has 0 aliphatic rings. The van der Waals surface area contributed by atoms with Crippen LogP contribution in [0.25, 0.3) is 0 Å². The van der Waals surface area contributed by atoms with E-state index in [2.05, 4.69) is 10.6 Å². The molecule has 1 aromatic carbocycles. The first kappa shape index (κ1) is 19.0. The van der Waals surface area contributed by atoms with E-state index in [4.69, 9.17) is 4.74 Å². The number of carbonyl (C=O) groups is 2. The minimum Gasteiger partial charge on any atom is -0.494 e. The summed E-state index contributed by atoms with van der Waals surface area (Å²) in [7, 11) is 0. The molecule has 0 heterocycles. The smallest absolute Gasteiger partial charge is 0.220 e. The number of para-hydroxylation sites is 1. The van der Waals surface area contributed by atoms with E-state index in [1.165, 1.54) is 0 Å². The number of carbonyl (C=O) groups excluding carboxylic acids is 2. The van der Waals surface area contributed by atoms with Crippen molar-refractivity contribution in [1.82, 2.24) is 10.6 Å². The van der Waals surface area contributed by atoms with Crippen molar-refractivity contribution >= 4 is 11.8 Å². The van der Waals surface area contributed by atoms with Crippen LogP contribution in [0.2, 0.25) is 0 Å². The standard InChI is InChI=1S/C18H28N2O3/c1-18(2,3)20-17(22)12-11-16(21)19-13-7-8-14-23-15-9-5-4-6-10-15/h4-6,9-10H,7-8,11-14H2,1-3H3,(H,19,21)(H,20,22). The third-order valence-electron chi connectivity index (χ3n) is 3.00. The summed E-state index contributed by atoms with van der Waals surface area (Å²) in [4.78, 5) is 23.3. The van der Waals surface area contributed by atoms with Crippen molar-refractivity contribution in [1.29, 1.82) is 0 Å². The molecule has 0 spiro atoms. The van der Waals surface area contributed by atoms with E-state index in [9.17, 15) is 9.59 Å². The topological polar surface area (TPSA) is 67.4 Å². The van der Waals surface area contributed by atoms with Crippen LogP contribution in [0.4, 0.5) is 0 Å². The highest BCUT2D eigenvalue weighted by molar-refractivity contribution is 5.83. The van der Waals surface area contributed by atoms with Crippen LogP contribution in [0.3, 0.4) is 0 Å². The number of ether oxygens (including phenoxy) is 1. The average molecular weight is 320 g/mol. The van der Waals surface area contributed by atoms with Crippen molar-refractivity contribution in [3.63, 3.8) is 0 Å². The zero-order chi connectivity index (χ0) is 17.1. The lowest BCUT2D eigenvalue weighted by atomic mass is 10.1. The molecule has 0 aliphatic heterocycles. The zero-order valence-corrected chi connectivity index (χ0v) is 14.4. The van der Waals surface area contributed by atoms with E-state index >= 15 is 0 Å². The van der Waals surface area contributed by atoms with Gasteiger partial charge in [-0.15, -0.1) is 0 Å². The highest BCUT2D eigenvalue weighted by atomic mass is 16.5. The summed E-state index contributed by atoms with van der Waals surface area (Å²) < 4.78 is 5.57. The second-order valence-electron chi connectivity index (χ2n) is 6.52. The van der Waals surface area contributed by atoms with Crippen molar-refractivity contribution in [2.45, 2.75) is 52.0 Å². The van der Waals surface area contributed by atoms with Crippen molar-refractivity contribution in [3.8, 4) is 5.75 Å². The van der Waals surface area contributed by atoms with Gasteiger partial charge in [0.05, 0.1) is 6.61 Å². The Balaban J connectivity index is 2.01. The molecule has 128 valence electrons. The van der Waals surface area contributed by atoms with Gasteiger partial charge < -0.3 is 15.4 Å². The molecule has 23 heavy (non-hydrogen) atoms. The molecule has 1 aromatic rings. The summed E-state index contributed by atoms with van der Waals surface area (Å²) in [6.07, 6.45) is 2.18. The normalized spacial score (nSPS) is 10.9. The van der Waals surface area contributed by atoms with Crippen LogP contribution in [0, 0.1) is 0 Å². The minimum atomic E-state index is -0.258. The third-order valence-corrected chi connectivity index (χ3v) is 3.00. The van der Waals surface area contributed by atoms with Gasteiger partial charge in [0, 0.05) is 24.9 Å². The van der Waals surface area contributed by atoms with Crippen LogP contribution in [0.5, 0.6) is 5.75 Å². The number of amides is 2. The molecular formula is C18H28N2O3.